The number of likely N-dealkylation sites (N-methyl/N-ethyl adjacent to an activating group) is 1. The van der Waals surface area contributed by atoms with Crippen LogP contribution in [0.25, 0.3) is 0 Å². The molecule has 2 unspecified atom stereocenters. The van der Waals surface area contributed by atoms with Crippen molar-refractivity contribution in [1.82, 2.24) is 0 Å². The number of quaternary nitrogens is 1. The maximum atomic E-state index is 12.7. The van der Waals surface area contributed by atoms with Crippen molar-refractivity contribution in [3.05, 3.63) is 12.2 Å². The number of carbonyl (C=O) groups is 1. The van der Waals surface area contributed by atoms with Crippen molar-refractivity contribution < 1.29 is 37.3 Å². The smallest absolute Gasteiger partial charge is 0.306 e. The first-order valence-corrected chi connectivity index (χ1v) is 22.9. The molecule has 0 spiro atoms. The van der Waals surface area contributed by atoms with E-state index < -0.39 is 13.9 Å². The number of rotatable bonds is 40. The van der Waals surface area contributed by atoms with Gasteiger partial charge in [0.1, 0.15) is 19.3 Å². The second-order valence-electron chi connectivity index (χ2n) is 15.7. The van der Waals surface area contributed by atoms with Gasteiger partial charge in [-0.15, -0.1) is 0 Å². The van der Waals surface area contributed by atoms with E-state index in [1.807, 2.05) is 21.1 Å². The van der Waals surface area contributed by atoms with Crippen molar-refractivity contribution in [2.24, 2.45) is 0 Å². The summed E-state index contributed by atoms with van der Waals surface area (Å²) in [6, 6.07) is 0. The first-order valence-electron chi connectivity index (χ1n) is 21.4. The van der Waals surface area contributed by atoms with Gasteiger partial charge < -0.3 is 27.9 Å². The number of phosphoric ester groups is 1. The molecule has 0 aliphatic carbocycles. The minimum atomic E-state index is -4.52. The van der Waals surface area contributed by atoms with Crippen LogP contribution in [0.15, 0.2) is 12.2 Å². The molecular weight excluding hydrogens is 661 g/mol. The van der Waals surface area contributed by atoms with Crippen molar-refractivity contribution >= 4 is 13.8 Å². The van der Waals surface area contributed by atoms with Crippen LogP contribution in [0.3, 0.4) is 0 Å². The number of ether oxygens (including phenoxy) is 2. The van der Waals surface area contributed by atoms with Crippen molar-refractivity contribution in [2.45, 2.75) is 200 Å². The Hall–Kier alpha value is -0.760. The van der Waals surface area contributed by atoms with Crippen LogP contribution in [-0.4, -0.2) is 70.7 Å². The predicted octanol–water partition coefficient (Wildman–Crippen LogP) is 11.6. The van der Waals surface area contributed by atoms with E-state index in [1.165, 1.54) is 141 Å². The van der Waals surface area contributed by atoms with E-state index in [1.54, 1.807) is 0 Å². The fraction of sp³-hybridized carbons (Fsp3) is 0.929. The Bertz CT molecular complexity index is 833. The molecule has 0 aromatic heterocycles. The zero-order valence-corrected chi connectivity index (χ0v) is 35.2. The lowest BCUT2D eigenvalue weighted by atomic mass is 10.0. The maximum Gasteiger partial charge on any atom is 0.306 e. The molecule has 51 heavy (non-hydrogen) atoms. The Morgan fingerprint density at radius 1 is 0.588 bits per heavy atom. The number of esters is 1. The number of phosphoric acid groups is 1. The second kappa shape index (κ2) is 36.2. The van der Waals surface area contributed by atoms with Crippen molar-refractivity contribution in [2.75, 3.05) is 54.1 Å². The van der Waals surface area contributed by atoms with Crippen LogP contribution in [-0.2, 0) is 27.9 Å². The van der Waals surface area contributed by atoms with Gasteiger partial charge in [0.25, 0.3) is 7.82 Å². The Kier molecular flexibility index (Phi) is 35.7. The molecule has 0 bridgehead atoms. The molecule has 0 heterocycles. The molecule has 8 nitrogen and oxygen atoms in total. The van der Waals surface area contributed by atoms with Gasteiger partial charge in [0.05, 0.1) is 34.4 Å². The monoisotopic (exact) mass is 746 g/mol. The molecule has 0 aliphatic rings. The molecule has 0 rings (SSSR count). The van der Waals surface area contributed by atoms with E-state index in [-0.39, 0.29) is 25.8 Å². The Morgan fingerprint density at radius 3 is 1.53 bits per heavy atom. The average molecular weight is 746 g/mol. The van der Waals surface area contributed by atoms with Gasteiger partial charge in [0.15, 0.2) is 0 Å². The summed E-state index contributed by atoms with van der Waals surface area (Å²) >= 11 is 0. The minimum Gasteiger partial charge on any atom is -0.756 e. The van der Waals surface area contributed by atoms with E-state index >= 15 is 0 Å². The molecule has 0 saturated heterocycles. The fourth-order valence-electron chi connectivity index (χ4n) is 5.95. The van der Waals surface area contributed by atoms with Crippen LogP contribution in [0, 0.1) is 0 Å². The van der Waals surface area contributed by atoms with Gasteiger partial charge >= 0.3 is 5.97 Å². The lowest BCUT2D eigenvalue weighted by Crippen LogP contribution is -2.37. The zero-order chi connectivity index (χ0) is 37.7. The van der Waals surface area contributed by atoms with E-state index in [9.17, 15) is 14.3 Å². The molecule has 304 valence electrons. The normalized spacial score (nSPS) is 13.9. The molecule has 0 aromatic carbocycles. The highest BCUT2D eigenvalue weighted by Crippen LogP contribution is 2.38. The average Bonchev–Trinajstić information content (AvgIpc) is 3.08. The number of carbonyl (C=O) groups excluding carboxylic acids is 1. The summed E-state index contributed by atoms with van der Waals surface area (Å²) in [4.78, 5) is 25.0. The van der Waals surface area contributed by atoms with Crippen LogP contribution in [0.2, 0.25) is 0 Å². The third kappa shape index (κ3) is 40.3. The SMILES string of the molecule is CCCCC/C=C\CCCCCCCCOCC(COP(=O)([O-])OCC[N+](C)(C)C)OC(=O)CCCCCCCCCCCCCCCCCC. The molecule has 0 amide bonds. The van der Waals surface area contributed by atoms with Gasteiger partial charge in [-0.2, -0.15) is 0 Å². The Balaban J connectivity index is 4.22. The highest BCUT2D eigenvalue weighted by molar-refractivity contribution is 7.45. The largest absolute Gasteiger partial charge is 0.756 e. The van der Waals surface area contributed by atoms with Crippen LogP contribution < -0.4 is 4.89 Å². The third-order valence-electron chi connectivity index (χ3n) is 9.32. The van der Waals surface area contributed by atoms with Crippen molar-refractivity contribution in [1.29, 1.82) is 0 Å². The molecule has 0 aromatic rings. The first kappa shape index (κ1) is 50.2. The van der Waals surface area contributed by atoms with E-state index in [4.69, 9.17) is 18.5 Å². The van der Waals surface area contributed by atoms with Crippen LogP contribution in [0.1, 0.15) is 194 Å². The standard InChI is InChI=1S/C42H84NO7P/c1-6-8-10-12-14-16-18-20-21-22-23-25-27-29-31-33-35-42(44)50-41(40-49-51(45,46)48-38-36-43(3,4)5)39-47-37-34-32-30-28-26-24-19-17-15-13-11-9-7-2/h15,17,41H,6-14,16,18-40H2,1-5H3/b17-15-. The molecule has 0 saturated carbocycles. The lowest BCUT2D eigenvalue weighted by molar-refractivity contribution is -0.870. The summed E-state index contributed by atoms with van der Waals surface area (Å²) < 4.78 is 34.5. The topological polar surface area (TPSA) is 94.1 Å². The third-order valence-corrected chi connectivity index (χ3v) is 10.3. The highest BCUT2D eigenvalue weighted by atomic mass is 31.2. The number of hydrogen-bond donors (Lipinski definition) is 0. The van der Waals surface area contributed by atoms with E-state index in [0.29, 0.717) is 24.1 Å². The molecule has 9 heteroatoms. The van der Waals surface area contributed by atoms with Crippen molar-refractivity contribution in [3.8, 4) is 0 Å². The van der Waals surface area contributed by atoms with E-state index in [0.717, 1.165) is 32.1 Å². The summed E-state index contributed by atoms with van der Waals surface area (Å²) in [5, 5.41) is 0. The second-order valence-corrected chi connectivity index (χ2v) is 17.1. The Labute approximate surface area is 316 Å². The summed E-state index contributed by atoms with van der Waals surface area (Å²) in [5.74, 6) is -0.333. The molecule has 0 radical (unpaired) electrons. The first-order chi connectivity index (χ1) is 24.6. The number of unbranched alkanes of at least 4 members (excludes halogenated alkanes) is 24. The quantitative estimate of drug-likeness (QED) is 0.0203. The summed E-state index contributed by atoms with van der Waals surface area (Å²) in [7, 11) is 1.36. The van der Waals surface area contributed by atoms with Gasteiger partial charge in [-0.3, -0.25) is 9.36 Å². The van der Waals surface area contributed by atoms with Gasteiger partial charge in [0.2, 0.25) is 0 Å². The zero-order valence-electron chi connectivity index (χ0n) is 34.3. The Morgan fingerprint density at radius 2 is 1.02 bits per heavy atom. The van der Waals surface area contributed by atoms with Gasteiger partial charge in [-0.05, 0) is 38.5 Å². The predicted molar refractivity (Wildman–Crippen MR) is 213 cm³/mol. The van der Waals surface area contributed by atoms with Crippen LogP contribution in [0.4, 0.5) is 0 Å². The highest BCUT2D eigenvalue weighted by Gasteiger charge is 2.20. The van der Waals surface area contributed by atoms with E-state index in [2.05, 4.69) is 26.0 Å². The minimum absolute atomic E-state index is 0.0280. The lowest BCUT2D eigenvalue weighted by Gasteiger charge is -2.28. The molecular formula is C42H84NO7P. The van der Waals surface area contributed by atoms with Gasteiger partial charge in [-0.25, -0.2) is 0 Å². The number of nitrogens with zero attached hydrogens (tertiary/aromatic N) is 1. The fourth-order valence-corrected chi connectivity index (χ4v) is 6.68. The maximum absolute atomic E-state index is 12.7. The summed E-state index contributed by atoms with van der Waals surface area (Å²) in [5.41, 5.74) is 0. The summed E-state index contributed by atoms with van der Waals surface area (Å²) in [6.07, 6.45) is 37.8. The molecule has 0 aliphatic heterocycles. The molecule has 0 fully saturated rings. The van der Waals surface area contributed by atoms with Gasteiger partial charge in [0, 0.05) is 13.0 Å². The molecule has 0 N–H and O–H groups in total. The van der Waals surface area contributed by atoms with Gasteiger partial charge in [-0.1, -0.05) is 161 Å². The number of hydrogen-bond acceptors (Lipinski definition) is 7. The summed E-state index contributed by atoms with van der Waals surface area (Å²) in [6.45, 7) is 5.41. The van der Waals surface area contributed by atoms with Crippen molar-refractivity contribution in [3.63, 3.8) is 0 Å². The molecule has 2 atom stereocenters. The van der Waals surface area contributed by atoms with Crippen LogP contribution >= 0.6 is 7.82 Å². The van der Waals surface area contributed by atoms with Crippen LogP contribution in [0.5, 0.6) is 0 Å². The number of allylic oxidation sites excluding steroid dienone is 2.